The van der Waals surface area contributed by atoms with Crippen LogP contribution in [0.1, 0.15) is 36.8 Å². The lowest BCUT2D eigenvalue weighted by Crippen LogP contribution is -2.51. The predicted molar refractivity (Wildman–Crippen MR) is 121 cm³/mol. The van der Waals surface area contributed by atoms with Crippen molar-refractivity contribution in [2.24, 2.45) is 0 Å². The van der Waals surface area contributed by atoms with Crippen molar-refractivity contribution in [2.75, 3.05) is 13.7 Å². The van der Waals surface area contributed by atoms with Crippen LogP contribution in [0.25, 0.3) is 0 Å². The molecule has 0 aliphatic carbocycles. The summed E-state index contributed by atoms with van der Waals surface area (Å²) in [5.74, 6) is -2.66. The topological polar surface area (TPSA) is 145 Å². The Morgan fingerprint density at radius 2 is 1.73 bits per heavy atom. The van der Waals surface area contributed by atoms with Crippen LogP contribution in [0, 0.1) is 0 Å². The van der Waals surface area contributed by atoms with E-state index in [9.17, 15) is 29.7 Å². The van der Waals surface area contributed by atoms with Gasteiger partial charge in [0.1, 0.15) is 6.04 Å². The minimum atomic E-state index is -1.20. The third kappa shape index (κ3) is 8.12. The lowest BCUT2D eigenvalue weighted by atomic mass is 9.97. The van der Waals surface area contributed by atoms with E-state index in [-0.39, 0.29) is 18.1 Å². The van der Waals surface area contributed by atoms with Gasteiger partial charge in [-0.3, -0.25) is 9.59 Å². The molecule has 0 bridgehead atoms. The molecule has 3 atom stereocenters. The van der Waals surface area contributed by atoms with Gasteiger partial charge in [0.15, 0.2) is 11.5 Å². The van der Waals surface area contributed by atoms with Crippen molar-refractivity contribution in [2.45, 2.75) is 44.2 Å². The van der Waals surface area contributed by atoms with Gasteiger partial charge in [0, 0.05) is 6.42 Å². The summed E-state index contributed by atoms with van der Waals surface area (Å²) in [5.41, 5.74) is 1.60. The molecular formula is C24H30N2O7. The van der Waals surface area contributed by atoms with Gasteiger partial charge in [0.2, 0.25) is 5.91 Å². The van der Waals surface area contributed by atoms with E-state index in [4.69, 9.17) is 4.74 Å². The zero-order valence-corrected chi connectivity index (χ0v) is 18.7. The molecule has 1 amide bonds. The first kappa shape index (κ1) is 25.7. The fraction of sp³-hybridized carbons (Fsp3) is 0.375. The van der Waals surface area contributed by atoms with Crippen LogP contribution in [0.5, 0.6) is 11.5 Å². The molecular weight excluding hydrogens is 428 g/mol. The second-order valence-electron chi connectivity index (χ2n) is 7.81. The summed E-state index contributed by atoms with van der Waals surface area (Å²) < 4.78 is 5.04. The Bertz CT molecular complexity index is 949. The van der Waals surface area contributed by atoms with E-state index in [1.807, 2.05) is 13.0 Å². The highest BCUT2D eigenvalue weighted by molar-refractivity contribution is 5.89. The van der Waals surface area contributed by atoms with Crippen molar-refractivity contribution in [3.63, 3.8) is 0 Å². The van der Waals surface area contributed by atoms with E-state index in [1.165, 1.54) is 7.11 Å². The summed E-state index contributed by atoms with van der Waals surface area (Å²) in [4.78, 5) is 35.6. The molecule has 0 aliphatic rings. The monoisotopic (exact) mass is 458 g/mol. The number of ether oxygens (including phenoxy) is 1. The molecule has 1 unspecified atom stereocenters. The summed E-state index contributed by atoms with van der Waals surface area (Å²) in [6.07, 6.45) is 0.155. The maximum Gasteiger partial charge on any atom is 0.326 e. The van der Waals surface area contributed by atoms with Gasteiger partial charge in [-0.25, -0.2) is 4.79 Å². The van der Waals surface area contributed by atoms with Crippen LogP contribution in [-0.2, 0) is 20.8 Å². The number of carbonyl (C=O) groups excluding carboxylic acids is 1. The number of aliphatic carboxylic acids is 2. The number of phenolic OH excluding ortho intramolecular Hbond substituents is 1. The average molecular weight is 459 g/mol. The Kier molecular flexibility index (Phi) is 9.68. The summed E-state index contributed by atoms with van der Waals surface area (Å²) >= 11 is 0. The molecule has 0 radical (unpaired) electrons. The number of methoxy groups -OCH3 is 1. The molecule has 9 heteroatoms. The first-order valence-electron chi connectivity index (χ1n) is 10.6. The zero-order valence-electron chi connectivity index (χ0n) is 18.7. The second kappa shape index (κ2) is 12.4. The molecule has 0 aromatic heterocycles. The van der Waals surface area contributed by atoms with E-state index in [0.29, 0.717) is 18.7 Å². The van der Waals surface area contributed by atoms with Crippen molar-refractivity contribution in [3.05, 3.63) is 59.7 Å². The number of aromatic hydroxyl groups is 1. The molecule has 0 aliphatic heterocycles. The Hall–Kier alpha value is -3.59. The van der Waals surface area contributed by atoms with Gasteiger partial charge < -0.3 is 30.7 Å². The van der Waals surface area contributed by atoms with Gasteiger partial charge in [0.05, 0.1) is 19.6 Å². The summed E-state index contributed by atoms with van der Waals surface area (Å²) in [6, 6.07) is 11.7. The number of benzene rings is 2. The average Bonchev–Trinajstić information content (AvgIpc) is 2.78. The zero-order chi connectivity index (χ0) is 24.4. The number of rotatable bonds is 13. The molecule has 2 aromatic rings. The molecule has 2 rings (SSSR count). The van der Waals surface area contributed by atoms with E-state index >= 15 is 0 Å². The third-order valence-electron chi connectivity index (χ3n) is 5.33. The number of hydrogen-bond donors (Lipinski definition) is 5. The van der Waals surface area contributed by atoms with Gasteiger partial charge in [-0.05, 0) is 42.1 Å². The lowest BCUT2D eigenvalue weighted by molar-refractivity contribution is -0.143. The van der Waals surface area contributed by atoms with Crippen LogP contribution in [0.15, 0.2) is 48.5 Å². The largest absolute Gasteiger partial charge is 0.504 e. The van der Waals surface area contributed by atoms with Crippen LogP contribution >= 0.6 is 0 Å². The molecule has 33 heavy (non-hydrogen) atoms. The predicted octanol–water partition coefficient (Wildman–Crippen LogP) is 2.14. The minimum Gasteiger partial charge on any atom is -0.504 e. The molecule has 178 valence electrons. The smallest absolute Gasteiger partial charge is 0.326 e. The fourth-order valence-electron chi connectivity index (χ4n) is 3.41. The molecule has 0 saturated carbocycles. The SMILES string of the molecule is COc1ccc(C(C)CCN[C@@H](CC(=O)O)C(=O)N[C@@H](Cc2ccccc2)C(=O)O)cc1O. The lowest BCUT2D eigenvalue weighted by Gasteiger charge is -2.21. The van der Waals surface area contributed by atoms with Crippen LogP contribution in [-0.4, -0.2) is 58.9 Å². The number of amides is 1. The number of hydrogen-bond acceptors (Lipinski definition) is 6. The number of carboxylic acids is 2. The quantitative estimate of drug-likeness (QED) is 0.307. The highest BCUT2D eigenvalue weighted by atomic mass is 16.5. The highest BCUT2D eigenvalue weighted by Gasteiger charge is 2.27. The van der Waals surface area contributed by atoms with Gasteiger partial charge in [-0.1, -0.05) is 43.3 Å². The third-order valence-corrected chi connectivity index (χ3v) is 5.33. The normalized spacial score (nSPS) is 13.5. The van der Waals surface area contributed by atoms with Crippen molar-refractivity contribution in [3.8, 4) is 11.5 Å². The van der Waals surface area contributed by atoms with Crippen LogP contribution in [0.2, 0.25) is 0 Å². The maximum absolute atomic E-state index is 12.7. The summed E-state index contributed by atoms with van der Waals surface area (Å²) in [6.45, 7) is 2.26. The van der Waals surface area contributed by atoms with Gasteiger partial charge in [-0.15, -0.1) is 0 Å². The number of carbonyl (C=O) groups is 3. The van der Waals surface area contributed by atoms with E-state index < -0.39 is 36.4 Å². The number of nitrogens with one attached hydrogen (secondary N) is 2. The Balaban J connectivity index is 1.98. The fourth-order valence-corrected chi connectivity index (χ4v) is 3.41. The van der Waals surface area contributed by atoms with Crippen LogP contribution in [0.4, 0.5) is 0 Å². The molecule has 9 nitrogen and oxygen atoms in total. The van der Waals surface area contributed by atoms with Gasteiger partial charge in [-0.2, -0.15) is 0 Å². The first-order chi connectivity index (χ1) is 15.7. The standard InChI is InChI=1S/C24H30N2O7/c1-15(17-8-9-21(33-2)20(27)13-17)10-11-25-18(14-22(28)29)23(30)26-19(24(31)32)12-16-6-4-3-5-7-16/h3-9,13,15,18-19,25,27H,10-12,14H2,1-2H3,(H,26,30)(H,28,29)(H,31,32)/t15?,18-,19-/m0/s1. The highest BCUT2D eigenvalue weighted by Crippen LogP contribution is 2.30. The summed E-state index contributed by atoms with van der Waals surface area (Å²) in [7, 11) is 1.46. The van der Waals surface area contributed by atoms with Crippen LogP contribution in [0.3, 0.4) is 0 Å². The van der Waals surface area contributed by atoms with E-state index in [2.05, 4.69) is 10.6 Å². The van der Waals surface area contributed by atoms with Crippen molar-refractivity contribution < 1.29 is 34.4 Å². The number of carboxylic acid groups (broad SMARTS) is 2. The van der Waals surface area contributed by atoms with Crippen LogP contribution < -0.4 is 15.4 Å². The molecule has 2 aromatic carbocycles. The van der Waals surface area contributed by atoms with Crippen molar-refractivity contribution in [1.29, 1.82) is 0 Å². The maximum atomic E-state index is 12.7. The molecule has 5 N–H and O–H groups in total. The van der Waals surface area contributed by atoms with E-state index in [0.717, 1.165) is 11.1 Å². The van der Waals surface area contributed by atoms with Gasteiger partial charge in [0.25, 0.3) is 0 Å². The van der Waals surface area contributed by atoms with Crippen molar-refractivity contribution in [1.82, 2.24) is 10.6 Å². The van der Waals surface area contributed by atoms with Crippen molar-refractivity contribution >= 4 is 17.8 Å². The van der Waals surface area contributed by atoms with Gasteiger partial charge >= 0.3 is 11.9 Å². The number of phenols is 1. The Labute approximate surface area is 192 Å². The minimum absolute atomic E-state index is 0.00712. The summed E-state index contributed by atoms with van der Waals surface area (Å²) in [5, 5.41) is 34.0. The Morgan fingerprint density at radius 1 is 1.03 bits per heavy atom. The first-order valence-corrected chi connectivity index (χ1v) is 10.6. The molecule has 0 heterocycles. The molecule has 0 fully saturated rings. The molecule has 0 spiro atoms. The second-order valence-corrected chi connectivity index (χ2v) is 7.81. The van der Waals surface area contributed by atoms with E-state index in [1.54, 1.807) is 42.5 Å². The molecule has 0 saturated heterocycles. The Morgan fingerprint density at radius 3 is 2.30 bits per heavy atom.